The van der Waals surface area contributed by atoms with Gasteiger partial charge in [-0.2, -0.15) is 0 Å². The molecule has 0 rings (SSSR count). The highest BCUT2D eigenvalue weighted by Crippen LogP contribution is 2.11. The molecule has 0 fully saturated rings. The van der Waals surface area contributed by atoms with Crippen molar-refractivity contribution in [3.8, 4) is 0 Å². The minimum absolute atomic E-state index is 0.370. The molecule has 0 bridgehead atoms. The van der Waals surface area contributed by atoms with Crippen LogP contribution in [0.25, 0.3) is 0 Å². The summed E-state index contributed by atoms with van der Waals surface area (Å²) in [6.45, 7) is 2.72. The molecule has 0 radical (unpaired) electrons. The summed E-state index contributed by atoms with van der Waals surface area (Å²) in [4.78, 5) is 2.93. The molecule has 0 saturated carbocycles. The Morgan fingerprint density at radius 1 is 2.00 bits per heavy atom. The average molecular weight is 170 g/mol. The maximum atomic E-state index is 4.98. The maximum absolute atomic E-state index is 4.98. The van der Waals surface area contributed by atoms with Gasteiger partial charge in [0.05, 0.1) is 17.5 Å². The fraction of sp³-hybridized carbons (Fsp3) is 1.00. The van der Waals surface area contributed by atoms with E-state index in [0.29, 0.717) is 8.96 Å². The van der Waals surface area contributed by atoms with Gasteiger partial charge in [0.2, 0.25) is 0 Å². The van der Waals surface area contributed by atoms with Crippen molar-refractivity contribution < 1.29 is 4.52 Å². The van der Waals surface area contributed by atoms with Crippen molar-refractivity contribution in [3.05, 3.63) is 0 Å². The van der Waals surface area contributed by atoms with Crippen LogP contribution >= 0.6 is 26.9 Å². The van der Waals surface area contributed by atoms with E-state index in [1.54, 1.807) is 0 Å². The third-order valence-electron chi connectivity index (χ3n) is 0.370. The molecular weight excluding hydrogens is 161 g/mol. The predicted octanol–water partition coefficient (Wildman–Crippen LogP) is 1.96. The third-order valence-corrected chi connectivity index (χ3v) is 2.03. The summed E-state index contributed by atoms with van der Waals surface area (Å²) in [5.41, 5.74) is 0. The van der Waals surface area contributed by atoms with Gasteiger partial charge in [0.15, 0.2) is 0 Å². The Bertz CT molecular complexity index is 68.3. The molecule has 0 amide bonds. The van der Waals surface area contributed by atoms with Gasteiger partial charge in [-0.15, -0.1) is 0 Å². The van der Waals surface area contributed by atoms with Crippen molar-refractivity contribution in [2.75, 3.05) is 6.61 Å². The monoisotopic (exact) mass is 170 g/mol. The molecule has 0 heterocycles. The summed E-state index contributed by atoms with van der Waals surface area (Å²) in [6.07, 6.45) is 0. The molecule has 0 aliphatic heterocycles. The molecule has 6 heteroatoms. The Morgan fingerprint density at radius 3 is 3.25 bits per heavy atom. The van der Waals surface area contributed by atoms with Gasteiger partial charge in [0.25, 0.3) is 0 Å². The fourth-order valence-corrected chi connectivity index (χ4v) is 1.47. The van der Waals surface area contributed by atoms with Crippen molar-refractivity contribution in [2.24, 2.45) is 4.52 Å². The third kappa shape index (κ3) is 6.88. The van der Waals surface area contributed by atoms with Crippen LogP contribution in [0.4, 0.5) is 0 Å². The first-order valence-corrected chi connectivity index (χ1v) is 4.40. The quantitative estimate of drug-likeness (QED) is 0.516. The van der Waals surface area contributed by atoms with Gasteiger partial charge >= 0.3 is 0 Å². The highest BCUT2D eigenvalue weighted by atomic mass is 31.1. The highest BCUT2D eigenvalue weighted by Gasteiger charge is 1.75. The molecule has 0 aromatic heterocycles. The molecule has 0 aromatic carbocycles. The average Bonchev–Trinajstić information content (AvgIpc) is 1.81. The van der Waals surface area contributed by atoms with Crippen LogP contribution < -0.4 is 4.86 Å². The minimum atomic E-state index is 0.370. The van der Waals surface area contributed by atoms with Crippen LogP contribution in [0.1, 0.15) is 6.92 Å². The topological polar surface area (TPSA) is 33.6 Å². The highest BCUT2D eigenvalue weighted by molar-refractivity contribution is 7.46. The van der Waals surface area contributed by atoms with Gasteiger partial charge in [-0.1, -0.05) is 0 Å². The normalized spacial score (nSPS) is 12.2. The first-order chi connectivity index (χ1) is 3.91. The summed E-state index contributed by atoms with van der Waals surface area (Å²) in [7, 11) is 3.50. The van der Waals surface area contributed by atoms with Crippen molar-refractivity contribution in [1.82, 2.24) is 4.86 Å². The number of nitrogens with one attached hydrogen (secondary N) is 1. The summed E-state index contributed by atoms with van der Waals surface area (Å²) < 4.78 is 8.69. The molecule has 2 atom stereocenters. The Morgan fingerprint density at radius 2 is 2.75 bits per heavy atom. The molecule has 8 heavy (non-hydrogen) atoms. The van der Waals surface area contributed by atoms with Gasteiger partial charge < -0.3 is 4.52 Å². The molecule has 1 N–H and O–H groups in total. The Hall–Kier alpha value is 0.880. The maximum Gasteiger partial charge on any atom is 0.0994 e. The Balaban J connectivity index is 2.72. The number of hydrogen-bond donors (Lipinski definition) is 1. The van der Waals surface area contributed by atoms with E-state index in [9.17, 15) is 0 Å². The Labute approximate surface area is 55.1 Å². The molecule has 2 unspecified atom stereocenters. The Kier molecular flexibility index (Phi) is 8.75. The summed E-state index contributed by atoms with van der Waals surface area (Å²) in [5, 5.41) is 0. The molecule has 48 valence electrons. The lowest BCUT2D eigenvalue weighted by atomic mass is 10.9. The molecule has 0 aliphatic carbocycles. The lowest BCUT2D eigenvalue weighted by Crippen LogP contribution is -1.81. The standard InChI is InChI=1S/C2H9N2OP3/c1-2-5-8-4-7-3-6/h8H,2,6H2,1H3,(H,3,4). The smallest absolute Gasteiger partial charge is 0.0994 e. The van der Waals surface area contributed by atoms with Crippen LogP contribution in [0.2, 0.25) is 0 Å². The van der Waals surface area contributed by atoms with Gasteiger partial charge in [-0.25, -0.2) is 9.37 Å². The minimum Gasteiger partial charge on any atom is -0.346 e. The van der Waals surface area contributed by atoms with Crippen molar-refractivity contribution >= 4 is 26.9 Å². The van der Waals surface area contributed by atoms with E-state index in [1.165, 1.54) is 0 Å². The van der Waals surface area contributed by atoms with Crippen molar-refractivity contribution in [3.63, 3.8) is 0 Å². The van der Waals surface area contributed by atoms with Gasteiger partial charge in [-0.3, -0.25) is 0 Å². The first-order valence-electron chi connectivity index (χ1n) is 2.13. The van der Waals surface area contributed by atoms with Crippen LogP contribution in [-0.2, 0) is 4.52 Å². The first kappa shape index (κ1) is 8.88. The summed E-state index contributed by atoms with van der Waals surface area (Å²) in [5.74, 6) is 0. The van der Waals surface area contributed by atoms with E-state index in [1.807, 2.05) is 6.92 Å². The largest absolute Gasteiger partial charge is 0.346 e. The van der Waals surface area contributed by atoms with Crippen molar-refractivity contribution in [2.45, 2.75) is 6.92 Å². The van der Waals surface area contributed by atoms with Gasteiger partial charge in [-0.05, 0) is 16.3 Å². The molecule has 3 nitrogen and oxygen atoms in total. The lowest BCUT2D eigenvalue weighted by molar-refractivity contribution is 0.388. The second kappa shape index (κ2) is 7.88. The predicted molar refractivity (Wildman–Crippen MR) is 42.1 cm³/mol. The van der Waals surface area contributed by atoms with E-state index in [0.717, 1.165) is 15.1 Å². The molecule has 0 aromatic rings. The SMILES string of the molecule is CCOPNP=NP. The van der Waals surface area contributed by atoms with E-state index >= 15 is 0 Å². The van der Waals surface area contributed by atoms with Gasteiger partial charge in [0, 0.05) is 6.61 Å². The molecular formula is C2H9N2OP3. The second-order valence-corrected chi connectivity index (χ2v) is 3.37. The van der Waals surface area contributed by atoms with E-state index < -0.39 is 0 Å². The lowest BCUT2D eigenvalue weighted by Gasteiger charge is -1.93. The van der Waals surface area contributed by atoms with Crippen LogP contribution in [0, 0.1) is 0 Å². The number of hydrogen-bond acceptors (Lipinski definition) is 2. The zero-order chi connectivity index (χ0) is 6.24. The zero-order valence-electron chi connectivity index (χ0n) is 4.59. The molecule has 0 spiro atoms. The second-order valence-electron chi connectivity index (χ2n) is 0.862. The fourth-order valence-electron chi connectivity index (χ4n) is 0.154. The van der Waals surface area contributed by atoms with Crippen LogP contribution in [0.15, 0.2) is 4.52 Å². The number of nitrogens with zero attached hydrogens (tertiary/aromatic N) is 1. The van der Waals surface area contributed by atoms with E-state index in [4.69, 9.17) is 4.52 Å². The van der Waals surface area contributed by atoms with Gasteiger partial charge in [0.1, 0.15) is 0 Å². The molecule has 0 saturated heterocycles. The van der Waals surface area contributed by atoms with E-state index in [2.05, 4.69) is 18.8 Å². The van der Waals surface area contributed by atoms with E-state index in [-0.39, 0.29) is 0 Å². The summed E-state index contributed by atoms with van der Waals surface area (Å²) >= 11 is 0. The van der Waals surface area contributed by atoms with Crippen LogP contribution in [0.3, 0.4) is 0 Å². The van der Waals surface area contributed by atoms with Crippen LogP contribution in [0.5, 0.6) is 0 Å². The zero-order valence-corrected chi connectivity index (χ0v) is 7.64. The van der Waals surface area contributed by atoms with Crippen molar-refractivity contribution in [1.29, 1.82) is 0 Å². The van der Waals surface area contributed by atoms with Crippen LogP contribution in [-0.4, -0.2) is 6.61 Å². The number of rotatable bonds is 4. The summed E-state index contributed by atoms with van der Waals surface area (Å²) in [6, 6.07) is 0. The molecule has 0 aliphatic rings.